The number of methoxy groups -OCH3 is 1. The number of nitrogens with one attached hydrogen (secondary N) is 2. The van der Waals surface area contributed by atoms with Crippen LogP contribution in [-0.4, -0.2) is 39.3 Å². The molecule has 1 rings (SSSR count). The molecule has 0 spiro atoms. The van der Waals surface area contributed by atoms with Crippen LogP contribution in [0.15, 0.2) is 30.3 Å². The van der Waals surface area contributed by atoms with Crippen molar-refractivity contribution in [1.82, 2.24) is 10.6 Å². The average Bonchev–Trinajstić information content (AvgIpc) is 2.48. The number of benzene rings is 1. The molecule has 0 saturated carbocycles. The van der Waals surface area contributed by atoms with E-state index in [0.717, 1.165) is 19.5 Å². The molecule has 0 aliphatic rings. The Hall–Kier alpha value is -1.39. The van der Waals surface area contributed by atoms with Gasteiger partial charge in [0.05, 0.1) is 6.61 Å². The number of carbonyl (C=O) groups excluding carboxylic acids is 1. The Morgan fingerprint density at radius 3 is 2.65 bits per heavy atom. The molecule has 0 aromatic heterocycles. The van der Waals surface area contributed by atoms with Gasteiger partial charge in [0.25, 0.3) is 0 Å². The Morgan fingerprint density at radius 1 is 1.20 bits per heavy atom. The third kappa shape index (κ3) is 7.26. The van der Waals surface area contributed by atoms with E-state index in [2.05, 4.69) is 41.8 Å². The molecule has 0 aliphatic heterocycles. The monoisotopic (exact) mass is 278 g/mol. The number of amides is 1. The molecule has 1 amide bonds. The highest BCUT2D eigenvalue weighted by atomic mass is 16.5. The Kier molecular flexibility index (Phi) is 8.67. The maximum Gasteiger partial charge on any atom is 0.221 e. The van der Waals surface area contributed by atoms with Gasteiger partial charge in [-0.3, -0.25) is 4.79 Å². The molecule has 4 nitrogen and oxygen atoms in total. The number of ether oxygens (including phenoxy) is 1. The van der Waals surface area contributed by atoms with Crippen molar-refractivity contribution in [1.29, 1.82) is 0 Å². The maximum atomic E-state index is 11.4. The van der Waals surface area contributed by atoms with Gasteiger partial charge in [0.1, 0.15) is 0 Å². The van der Waals surface area contributed by atoms with Gasteiger partial charge in [-0.25, -0.2) is 0 Å². The van der Waals surface area contributed by atoms with E-state index < -0.39 is 0 Å². The summed E-state index contributed by atoms with van der Waals surface area (Å²) in [6.45, 7) is 5.03. The minimum absolute atomic E-state index is 0.0747. The molecule has 0 aliphatic carbocycles. The Balaban J connectivity index is 2.03. The highest BCUT2D eigenvalue weighted by Crippen LogP contribution is 2.17. The molecule has 0 heterocycles. The van der Waals surface area contributed by atoms with Crippen molar-refractivity contribution in [2.24, 2.45) is 0 Å². The fraction of sp³-hybridized carbons (Fsp3) is 0.562. The Bertz CT molecular complexity index is 368. The van der Waals surface area contributed by atoms with Gasteiger partial charge < -0.3 is 15.4 Å². The van der Waals surface area contributed by atoms with Crippen molar-refractivity contribution >= 4 is 5.91 Å². The van der Waals surface area contributed by atoms with E-state index in [4.69, 9.17) is 4.74 Å². The van der Waals surface area contributed by atoms with Crippen LogP contribution in [0.2, 0.25) is 0 Å². The van der Waals surface area contributed by atoms with Crippen molar-refractivity contribution in [2.45, 2.75) is 25.7 Å². The topological polar surface area (TPSA) is 50.4 Å². The van der Waals surface area contributed by atoms with Crippen LogP contribution in [-0.2, 0) is 9.53 Å². The lowest BCUT2D eigenvalue weighted by Gasteiger charge is -2.12. The van der Waals surface area contributed by atoms with Gasteiger partial charge in [-0.2, -0.15) is 0 Å². The first-order chi connectivity index (χ1) is 9.74. The smallest absolute Gasteiger partial charge is 0.221 e. The van der Waals surface area contributed by atoms with Crippen LogP contribution in [0, 0.1) is 0 Å². The third-order valence-corrected chi connectivity index (χ3v) is 3.28. The molecule has 0 radical (unpaired) electrons. The van der Waals surface area contributed by atoms with Crippen LogP contribution in [0.4, 0.5) is 0 Å². The van der Waals surface area contributed by atoms with Crippen molar-refractivity contribution in [3.8, 4) is 0 Å². The lowest BCUT2D eigenvalue weighted by atomic mass is 9.98. The molecule has 0 saturated heterocycles. The minimum atomic E-state index is 0.0747. The molecule has 1 aromatic carbocycles. The fourth-order valence-electron chi connectivity index (χ4n) is 1.97. The maximum absolute atomic E-state index is 11.4. The molecule has 0 fully saturated rings. The fourth-order valence-corrected chi connectivity index (χ4v) is 1.97. The summed E-state index contributed by atoms with van der Waals surface area (Å²) in [4.78, 5) is 11.4. The third-order valence-electron chi connectivity index (χ3n) is 3.28. The zero-order chi connectivity index (χ0) is 14.6. The van der Waals surface area contributed by atoms with E-state index in [1.807, 2.05) is 6.07 Å². The average molecular weight is 278 g/mol. The molecule has 20 heavy (non-hydrogen) atoms. The van der Waals surface area contributed by atoms with Gasteiger partial charge in [-0.1, -0.05) is 37.3 Å². The van der Waals surface area contributed by atoms with Crippen LogP contribution in [0.5, 0.6) is 0 Å². The number of hydrogen-bond donors (Lipinski definition) is 2. The van der Waals surface area contributed by atoms with Crippen molar-refractivity contribution in [3.05, 3.63) is 35.9 Å². The molecule has 0 bridgehead atoms. The summed E-state index contributed by atoms with van der Waals surface area (Å²) < 4.78 is 4.87. The van der Waals surface area contributed by atoms with Crippen LogP contribution in [0.25, 0.3) is 0 Å². The minimum Gasteiger partial charge on any atom is -0.383 e. The first-order valence-electron chi connectivity index (χ1n) is 7.25. The second-order valence-corrected chi connectivity index (χ2v) is 4.94. The van der Waals surface area contributed by atoms with Crippen LogP contribution >= 0.6 is 0 Å². The van der Waals surface area contributed by atoms with Gasteiger partial charge in [0, 0.05) is 26.6 Å². The molecule has 1 atom stereocenters. The lowest BCUT2D eigenvalue weighted by Crippen LogP contribution is -2.30. The largest absolute Gasteiger partial charge is 0.383 e. The van der Waals surface area contributed by atoms with Gasteiger partial charge in [-0.05, 0) is 24.4 Å². The van der Waals surface area contributed by atoms with Crippen LogP contribution < -0.4 is 10.6 Å². The van der Waals surface area contributed by atoms with E-state index in [-0.39, 0.29) is 5.91 Å². The first kappa shape index (κ1) is 16.7. The van der Waals surface area contributed by atoms with Crippen molar-refractivity contribution in [3.63, 3.8) is 0 Å². The summed E-state index contributed by atoms with van der Waals surface area (Å²) in [6, 6.07) is 10.5. The Labute approximate surface area is 121 Å². The second-order valence-electron chi connectivity index (χ2n) is 4.94. The van der Waals surface area contributed by atoms with Gasteiger partial charge in [-0.15, -0.1) is 0 Å². The van der Waals surface area contributed by atoms with Crippen molar-refractivity contribution < 1.29 is 9.53 Å². The molecule has 112 valence electrons. The quantitative estimate of drug-likeness (QED) is 0.643. The van der Waals surface area contributed by atoms with E-state index in [1.54, 1.807) is 7.11 Å². The second kappa shape index (κ2) is 10.4. The zero-order valence-electron chi connectivity index (χ0n) is 12.5. The predicted molar refractivity (Wildman–Crippen MR) is 81.8 cm³/mol. The molecule has 1 aromatic rings. The van der Waals surface area contributed by atoms with Crippen molar-refractivity contribution in [2.75, 3.05) is 33.4 Å². The van der Waals surface area contributed by atoms with Crippen LogP contribution in [0.1, 0.15) is 31.2 Å². The summed E-state index contributed by atoms with van der Waals surface area (Å²) >= 11 is 0. The van der Waals surface area contributed by atoms with Gasteiger partial charge in [0.2, 0.25) is 5.91 Å². The van der Waals surface area contributed by atoms with Gasteiger partial charge in [0.15, 0.2) is 0 Å². The SMILES string of the molecule is COCCNC(=O)CCNCCC(C)c1ccccc1. The highest BCUT2D eigenvalue weighted by molar-refractivity contribution is 5.75. The summed E-state index contributed by atoms with van der Waals surface area (Å²) in [7, 11) is 1.63. The number of rotatable bonds is 10. The van der Waals surface area contributed by atoms with E-state index >= 15 is 0 Å². The lowest BCUT2D eigenvalue weighted by molar-refractivity contribution is -0.121. The molecular weight excluding hydrogens is 252 g/mol. The van der Waals surface area contributed by atoms with Crippen LogP contribution in [0.3, 0.4) is 0 Å². The summed E-state index contributed by atoms with van der Waals surface area (Å²) in [5.41, 5.74) is 1.37. The Morgan fingerprint density at radius 2 is 1.95 bits per heavy atom. The van der Waals surface area contributed by atoms with E-state index in [0.29, 0.717) is 25.5 Å². The summed E-state index contributed by atoms with van der Waals surface area (Å²) in [5, 5.41) is 6.12. The number of hydrogen-bond acceptors (Lipinski definition) is 3. The molecule has 4 heteroatoms. The van der Waals surface area contributed by atoms with E-state index in [9.17, 15) is 4.79 Å². The number of carbonyl (C=O) groups is 1. The van der Waals surface area contributed by atoms with E-state index in [1.165, 1.54) is 5.56 Å². The molecular formula is C16H26N2O2. The summed E-state index contributed by atoms with van der Waals surface area (Å²) in [5.74, 6) is 0.616. The highest BCUT2D eigenvalue weighted by Gasteiger charge is 2.04. The molecule has 2 N–H and O–H groups in total. The van der Waals surface area contributed by atoms with Gasteiger partial charge >= 0.3 is 0 Å². The normalized spacial score (nSPS) is 12.1. The standard InChI is InChI=1S/C16H26N2O2/c1-14(15-6-4-3-5-7-15)8-10-17-11-9-16(19)18-12-13-20-2/h3-7,14,17H,8-13H2,1-2H3,(H,18,19). The first-order valence-corrected chi connectivity index (χ1v) is 7.25. The predicted octanol–water partition coefficient (Wildman–Crippen LogP) is 1.92. The summed E-state index contributed by atoms with van der Waals surface area (Å²) in [6.07, 6.45) is 1.60. The molecule has 1 unspecified atom stereocenters. The zero-order valence-corrected chi connectivity index (χ0v) is 12.5.